The van der Waals surface area contributed by atoms with Crippen molar-refractivity contribution >= 4 is 5.97 Å². The van der Waals surface area contributed by atoms with Crippen LogP contribution in [0, 0.1) is 24.6 Å². The third-order valence-electron chi connectivity index (χ3n) is 6.34. The Balaban J connectivity index is 1.52. The standard InChI is InChI=1S/C26H29FN2O3/c1-18-25(21-6-3-2-4-7-21)26(22-8-5-9-23(27)14-22)28-29(18)15-19-10-12-20(13-11-19)16-32-17-24(30)31/h2-9,14,19-20H,10-13,15-17H2,1H3,(H,30,31)/t19-,20+. The van der Waals surface area contributed by atoms with Gasteiger partial charge < -0.3 is 9.84 Å². The van der Waals surface area contributed by atoms with E-state index in [-0.39, 0.29) is 12.4 Å². The molecule has 4 rings (SSSR count). The van der Waals surface area contributed by atoms with Crippen LogP contribution >= 0.6 is 0 Å². The lowest BCUT2D eigenvalue weighted by molar-refractivity contribution is -0.142. The minimum absolute atomic E-state index is 0.225. The number of ether oxygens (including phenoxy) is 1. The van der Waals surface area contributed by atoms with Crippen molar-refractivity contribution in [3.63, 3.8) is 0 Å². The number of hydrogen-bond acceptors (Lipinski definition) is 3. The van der Waals surface area contributed by atoms with Gasteiger partial charge in [0.15, 0.2) is 0 Å². The monoisotopic (exact) mass is 436 g/mol. The summed E-state index contributed by atoms with van der Waals surface area (Å²) in [6.07, 6.45) is 4.20. The van der Waals surface area contributed by atoms with Gasteiger partial charge >= 0.3 is 5.97 Å². The Morgan fingerprint density at radius 3 is 2.44 bits per heavy atom. The first kappa shape index (κ1) is 22.2. The van der Waals surface area contributed by atoms with Crippen LogP contribution in [0.4, 0.5) is 4.39 Å². The van der Waals surface area contributed by atoms with Gasteiger partial charge in [-0.05, 0) is 62.1 Å². The summed E-state index contributed by atoms with van der Waals surface area (Å²) >= 11 is 0. The van der Waals surface area contributed by atoms with Crippen LogP contribution in [0.5, 0.6) is 0 Å². The molecule has 2 aromatic carbocycles. The number of carbonyl (C=O) groups is 1. The Morgan fingerprint density at radius 2 is 1.75 bits per heavy atom. The van der Waals surface area contributed by atoms with Crippen LogP contribution in [0.3, 0.4) is 0 Å². The highest BCUT2D eigenvalue weighted by molar-refractivity contribution is 5.82. The van der Waals surface area contributed by atoms with Crippen molar-refractivity contribution in [3.8, 4) is 22.4 Å². The molecule has 0 atom stereocenters. The second-order valence-electron chi connectivity index (χ2n) is 8.66. The molecular formula is C26H29FN2O3. The van der Waals surface area contributed by atoms with E-state index in [4.69, 9.17) is 14.9 Å². The van der Waals surface area contributed by atoms with Crippen molar-refractivity contribution in [2.45, 2.75) is 39.2 Å². The van der Waals surface area contributed by atoms with Crippen molar-refractivity contribution < 1.29 is 19.0 Å². The summed E-state index contributed by atoms with van der Waals surface area (Å²) in [6, 6.07) is 16.8. The molecule has 1 saturated carbocycles. The minimum Gasteiger partial charge on any atom is -0.480 e. The fourth-order valence-corrected chi connectivity index (χ4v) is 4.65. The number of carboxylic acids is 1. The molecule has 6 heteroatoms. The molecule has 0 radical (unpaired) electrons. The first-order valence-corrected chi connectivity index (χ1v) is 11.2. The van der Waals surface area contributed by atoms with E-state index in [1.165, 1.54) is 6.07 Å². The van der Waals surface area contributed by atoms with E-state index >= 15 is 0 Å². The predicted octanol–water partition coefficient (Wildman–Crippen LogP) is 5.57. The summed E-state index contributed by atoms with van der Waals surface area (Å²) in [4.78, 5) is 10.6. The van der Waals surface area contributed by atoms with Crippen molar-refractivity contribution in [1.29, 1.82) is 0 Å². The lowest BCUT2D eigenvalue weighted by Gasteiger charge is -2.28. The summed E-state index contributed by atoms with van der Waals surface area (Å²) in [7, 11) is 0. The SMILES string of the molecule is Cc1c(-c2ccccc2)c(-c2cccc(F)c2)nn1C[C@H]1CC[C@@H](COCC(=O)O)CC1. The fourth-order valence-electron chi connectivity index (χ4n) is 4.65. The van der Waals surface area contributed by atoms with E-state index in [0.717, 1.165) is 60.3 Å². The highest BCUT2D eigenvalue weighted by Crippen LogP contribution is 2.36. The van der Waals surface area contributed by atoms with Gasteiger partial charge in [0.2, 0.25) is 0 Å². The number of benzene rings is 2. The van der Waals surface area contributed by atoms with E-state index in [1.807, 2.05) is 24.3 Å². The molecule has 0 aliphatic heterocycles. The average Bonchev–Trinajstić information content (AvgIpc) is 3.11. The summed E-state index contributed by atoms with van der Waals surface area (Å²) in [5, 5.41) is 13.7. The summed E-state index contributed by atoms with van der Waals surface area (Å²) in [5.74, 6) is -0.256. The number of nitrogens with zero attached hydrogens (tertiary/aromatic N) is 2. The van der Waals surface area contributed by atoms with E-state index in [2.05, 4.69) is 23.7 Å². The molecule has 1 fully saturated rings. The van der Waals surface area contributed by atoms with Crippen LogP contribution in [0.2, 0.25) is 0 Å². The van der Waals surface area contributed by atoms with Crippen molar-refractivity contribution in [1.82, 2.24) is 9.78 Å². The molecule has 1 N–H and O–H groups in total. The van der Waals surface area contributed by atoms with Crippen LogP contribution < -0.4 is 0 Å². The maximum atomic E-state index is 14.0. The molecule has 32 heavy (non-hydrogen) atoms. The molecule has 1 aromatic heterocycles. The van der Waals surface area contributed by atoms with E-state index in [0.29, 0.717) is 18.4 Å². The molecule has 1 heterocycles. The summed E-state index contributed by atoms with van der Waals surface area (Å²) in [6.45, 7) is 3.20. The second kappa shape index (κ2) is 10.1. The predicted molar refractivity (Wildman–Crippen MR) is 122 cm³/mol. The van der Waals surface area contributed by atoms with E-state index in [9.17, 15) is 9.18 Å². The van der Waals surface area contributed by atoms with Crippen LogP contribution in [-0.4, -0.2) is 34.1 Å². The second-order valence-corrected chi connectivity index (χ2v) is 8.66. The molecule has 1 aliphatic rings. The number of aromatic nitrogens is 2. The zero-order valence-corrected chi connectivity index (χ0v) is 18.3. The quantitative estimate of drug-likeness (QED) is 0.501. The highest BCUT2D eigenvalue weighted by atomic mass is 19.1. The van der Waals surface area contributed by atoms with Crippen molar-refractivity contribution in [2.24, 2.45) is 11.8 Å². The number of halogens is 1. The Labute approximate surface area is 187 Å². The topological polar surface area (TPSA) is 64.4 Å². The zero-order chi connectivity index (χ0) is 22.5. The molecule has 5 nitrogen and oxygen atoms in total. The first-order chi connectivity index (χ1) is 15.5. The molecule has 1 aliphatic carbocycles. The molecule has 0 unspecified atom stereocenters. The van der Waals surface area contributed by atoms with Gasteiger partial charge in [0.05, 0.1) is 6.61 Å². The van der Waals surface area contributed by atoms with Gasteiger partial charge in [-0.1, -0.05) is 42.5 Å². The largest absolute Gasteiger partial charge is 0.480 e. The Hall–Kier alpha value is -2.99. The lowest BCUT2D eigenvalue weighted by atomic mass is 9.82. The van der Waals surface area contributed by atoms with Crippen molar-refractivity contribution in [2.75, 3.05) is 13.2 Å². The number of aliphatic carboxylic acids is 1. The van der Waals surface area contributed by atoms with E-state index < -0.39 is 5.97 Å². The normalized spacial score (nSPS) is 18.6. The van der Waals surface area contributed by atoms with Crippen LogP contribution in [0.1, 0.15) is 31.4 Å². The van der Waals surface area contributed by atoms with Crippen LogP contribution in [-0.2, 0) is 16.1 Å². The summed E-state index contributed by atoms with van der Waals surface area (Å²) < 4.78 is 21.3. The molecule has 3 aromatic rings. The first-order valence-electron chi connectivity index (χ1n) is 11.2. The summed E-state index contributed by atoms with van der Waals surface area (Å²) in [5.41, 5.74) is 4.80. The van der Waals surface area contributed by atoms with Gasteiger partial charge in [-0.25, -0.2) is 9.18 Å². The Bertz CT molecular complexity index is 1060. The lowest BCUT2D eigenvalue weighted by Crippen LogP contribution is -2.23. The van der Waals surface area contributed by atoms with Gasteiger partial charge in [-0.2, -0.15) is 5.10 Å². The zero-order valence-electron chi connectivity index (χ0n) is 18.3. The van der Waals surface area contributed by atoms with Crippen LogP contribution in [0.15, 0.2) is 54.6 Å². The smallest absolute Gasteiger partial charge is 0.329 e. The third-order valence-corrected chi connectivity index (χ3v) is 6.34. The Kier molecular flexibility index (Phi) is 7.00. The van der Waals surface area contributed by atoms with Gasteiger partial charge in [0, 0.05) is 23.4 Å². The van der Waals surface area contributed by atoms with Gasteiger partial charge in [0.1, 0.15) is 18.1 Å². The van der Waals surface area contributed by atoms with Gasteiger partial charge in [0.25, 0.3) is 0 Å². The maximum Gasteiger partial charge on any atom is 0.329 e. The van der Waals surface area contributed by atoms with Crippen molar-refractivity contribution in [3.05, 3.63) is 66.1 Å². The maximum absolute atomic E-state index is 14.0. The number of carboxylic acid groups (broad SMARTS) is 1. The minimum atomic E-state index is -0.920. The number of hydrogen-bond donors (Lipinski definition) is 1. The third kappa shape index (κ3) is 5.25. The van der Waals surface area contributed by atoms with E-state index in [1.54, 1.807) is 12.1 Å². The number of rotatable bonds is 8. The molecular weight excluding hydrogens is 407 g/mol. The molecule has 0 spiro atoms. The molecule has 0 saturated heterocycles. The molecule has 0 bridgehead atoms. The fraction of sp³-hybridized carbons (Fsp3) is 0.385. The van der Waals surface area contributed by atoms with Gasteiger partial charge in [-0.3, -0.25) is 4.68 Å². The van der Waals surface area contributed by atoms with Crippen LogP contribution in [0.25, 0.3) is 22.4 Å². The Morgan fingerprint density at radius 1 is 1.06 bits per heavy atom. The molecule has 168 valence electrons. The highest BCUT2D eigenvalue weighted by Gasteiger charge is 2.24. The van der Waals surface area contributed by atoms with Gasteiger partial charge in [-0.15, -0.1) is 0 Å². The molecule has 0 amide bonds. The average molecular weight is 437 g/mol.